The van der Waals surface area contributed by atoms with Crippen LogP contribution >= 0.6 is 11.6 Å². The van der Waals surface area contributed by atoms with Crippen molar-refractivity contribution in [1.82, 2.24) is 10.6 Å². The number of hydrogen-bond donors (Lipinski definition) is 2. The zero-order chi connectivity index (χ0) is 8.97. The molecule has 2 N–H and O–H groups in total. The van der Waals surface area contributed by atoms with Gasteiger partial charge < -0.3 is 10.6 Å². The summed E-state index contributed by atoms with van der Waals surface area (Å²) >= 11 is 5.73. The van der Waals surface area contributed by atoms with Crippen LogP contribution in [0.3, 0.4) is 0 Å². The topological polar surface area (TPSA) is 41.1 Å². The van der Waals surface area contributed by atoms with Crippen molar-refractivity contribution in [3.63, 3.8) is 0 Å². The zero-order valence-electron chi connectivity index (χ0n) is 7.06. The number of hydrogen-bond acceptors (Lipinski definition) is 3. The second-order valence-electron chi connectivity index (χ2n) is 2.83. The maximum absolute atomic E-state index is 10.4. The first kappa shape index (κ1) is 9.39. The molecule has 68 valence electrons. The molecule has 1 atom stereocenters. The van der Waals surface area contributed by atoms with E-state index in [1.54, 1.807) is 0 Å². The molecule has 12 heavy (non-hydrogen) atoms. The molecule has 0 aromatic rings. The van der Waals surface area contributed by atoms with Gasteiger partial charge in [-0.15, -0.1) is 0 Å². The monoisotopic (exact) mass is 188 g/mol. The number of carbonyl (C=O) groups is 1. The average Bonchev–Trinajstić information content (AvgIpc) is 2.43. The molecule has 1 aliphatic heterocycles. The van der Waals surface area contributed by atoms with E-state index in [-0.39, 0.29) is 6.17 Å². The van der Waals surface area contributed by atoms with Crippen molar-refractivity contribution in [2.24, 2.45) is 0 Å². The van der Waals surface area contributed by atoms with Crippen LogP contribution in [0.25, 0.3) is 0 Å². The minimum Gasteiger partial charge on any atom is -0.360 e. The van der Waals surface area contributed by atoms with Crippen molar-refractivity contribution in [3.05, 3.63) is 10.9 Å². The zero-order valence-corrected chi connectivity index (χ0v) is 7.82. The maximum atomic E-state index is 10.4. The highest BCUT2D eigenvalue weighted by Crippen LogP contribution is 2.13. The van der Waals surface area contributed by atoms with Gasteiger partial charge in [0.1, 0.15) is 10.9 Å². The SMILES string of the molecule is CCCCC1NC(Cl)=C(C=O)N1. The number of allylic oxidation sites excluding steroid dienone is 1. The van der Waals surface area contributed by atoms with Crippen LogP contribution in [0.1, 0.15) is 26.2 Å². The lowest BCUT2D eigenvalue weighted by Crippen LogP contribution is -2.32. The summed E-state index contributed by atoms with van der Waals surface area (Å²) in [7, 11) is 0. The molecule has 0 amide bonds. The highest BCUT2D eigenvalue weighted by molar-refractivity contribution is 6.31. The van der Waals surface area contributed by atoms with Crippen LogP contribution < -0.4 is 10.6 Å². The molecule has 1 aliphatic rings. The fourth-order valence-electron chi connectivity index (χ4n) is 1.16. The van der Waals surface area contributed by atoms with Gasteiger partial charge in [-0.2, -0.15) is 0 Å². The molecule has 3 nitrogen and oxygen atoms in total. The van der Waals surface area contributed by atoms with Crippen molar-refractivity contribution < 1.29 is 4.79 Å². The second kappa shape index (κ2) is 4.36. The Hall–Kier alpha value is -0.700. The second-order valence-corrected chi connectivity index (χ2v) is 3.21. The van der Waals surface area contributed by atoms with Crippen molar-refractivity contribution in [3.8, 4) is 0 Å². The average molecular weight is 189 g/mol. The highest BCUT2D eigenvalue weighted by atomic mass is 35.5. The third kappa shape index (κ3) is 2.14. The van der Waals surface area contributed by atoms with Gasteiger partial charge in [0.05, 0.1) is 6.17 Å². The van der Waals surface area contributed by atoms with E-state index in [9.17, 15) is 4.79 Å². The number of rotatable bonds is 4. The van der Waals surface area contributed by atoms with Crippen LogP contribution in [0.4, 0.5) is 0 Å². The molecule has 1 heterocycles. The minimum atomic E-state index is 0.137. The fraction of sp³-hybridized carbons (Fsp3) is 0.625. The third-order valence-electron chi connectivity index (χ3n) is 1.83. The minimum absolute atomic E-state index is 0.137. The first-order valence-corrected chi connectivity index (χ1v) is 4.53. The molecule has 0 aromatic carbocycles. The molecule has 0 saturated carbocycles. The summed E-state index contributed by atoms with van der Waals surface area (Å²) in [4.78, 5) is 10.4. The van der Waals surface area contributed by atoms with Crippen LogP contribution in [0.15, 0.2) is 10.9 Å². The smallest absolute Gasteiger partial charge is 0.169 e. The van der Waals surface area contributed by atoms with Crippen LogP contribution in [0.5, 0.6) is 0 Å². The summed E-state index contributed by atoms with van der Waals surface area (Å²) in [5.74, 6) is 0. The molecule has 0 spiro atoms. The molecule has 0 saturated heterocycles. The quantitative estimate of drug-likeness (QED) is 0.516. The van der Waals surface area contributed by atoms with E-state index >= 15 is 0 Å². The lowest BCUT2D eigenvalue weighted by molar-refractivity contribution is -0.105. The Bertz CT molecular complexity index is 203. The predicted octanol–water partition coefficient (Wildman–Crippen LogP) is 1.30. The van der Waals surface area contributed by atoms with Gasteiger partial charge in [0.15, 0.2) is 6.29 Å². The predicted molar refractivity (Wildman–Crippen MR) is 48.5 cm³/mol. The van der Waals surface area contributed by atoms with Gasteiger partial charge >= 0.3 is 0 Å². The summed E-state index contributed by atoms with van der Waals surface area (Å²) in [6.07, 6.45) is 4.14. The standard InChI is InChI=1S/C8H13ClN2O/c1-2-3-4-7-10-6(5-12)8(9)11-7/h5,7,10-11H,2-4H2,1H3. The first-order valence-electron chi connectivity index (χ1n) is 4.16. The third-order valence-corrected chi connectivity index (χ3v) is 2.14. The normalized spacial score (nSPS) is 22.0. The van der Waals surface area contributed by atoms with Crippen LogP contribution in [0.2, 0.25) is 0 Å². The van der Waals surface area contributed by atoms with Gasteiger partial charge in [-0.3, -0.25) is 4.79 Å². The van der Waals surface area contributed by atoms with Gasteiger partial charge in [0.2, 0.25) is 0 Å². The van der Waals surface area contributed by atoms with Crippen LogP contribution in [-0.2, 0) is 4.79 Å². The molecule has 0 bridgehead atoms. The molecule has 0 aromatic heterocycles. The van der Waals surface area contributed by atoms with E-state index in [0.29, 0.717) is 10.9 Å². The summed E-state index contributed by atoms with van der Waals surface area (Å²) in [6, 6.07) is 0. The number of nitrogens with one attached hydrogen (secondary N) is 2. The Morgan fingerprint density at radius 2 is 2.33 bits per heavy atom. The number of halogens is 1. The van der Waals surface area contributed by atoms with Crippen molar-refractivity contribution >= 4 is 17.9 Å². The number of carbonyl (C=O) groups excluding carboxylic acids is 1. The maximum Gasteiger partial charge on any atom is 0.169 e. The van der Waals surface area contributed by atoms with Gasteiger partial charge in [-0.05, 0) is 12.8 Å². The molecule has 1 unspecified atom stereocenters. The van der Waals surface area contributed by atoms with E-state index in [2.05, 4.69) is 17.6 Å². The summed E-state index contributed by atoms with van der Waals surface area (Å²) < 4.78 is 0. The molecular formula is C8H13ClN2O. The van der Waals surface area contributed by atoms with E-state index in [0.717, 1.165) is 25.5 Å². The van der Waals surface area contributed by atoms with Crippen molar-refractivity contribution in [2.75, 3.05) is 0 Å². The van der Waals surface area contributed by atoms with Crippen LogP contribution in [0, 0.1) is 0 Å². The lowest BCUT2D eigenvalue weighted by Gasteiger charge is -2.11. The lowest BCUT2D eigenvalue weighted by atomic mass is 10.2. The van der Waals surface area contributed by atoms with Gasteiger partial charge in [-0.1, -0.05) is 24.9 Å². The summed E-state index contributed by atoms with van der Waals surface area (Å²) in [5.41, 5.74) is 0.470. The molecule has 0 radical (unpaired) electrons. The number of unbranched alkanes of at least 4 members (excludes halogenated alkanes) is 1. The molecule has 0 fully saturated rings. The van der Waals surface area contributed by atoms with Gasteiger partial charge in [0, 0.05) is 0 Å². The summed E-state index contributed by atoms with van der Waals surface area (Å²) in [6.45, 7) is 2.13. The molecular weight excluding hydrogens is 176 g/mol. The Morgan fingerprint density at radius 1 is 1.58 bits per heavy atom. The molecule has 0 aliphatic carbocycles. The van der Waals surface area contributed by atoms with Crippen molar-refractivity contribution in [2.45, 2.75) is 32.4 Å². The highest BCUT2D eigenvalue weighted by Gasteiger charge is 2.19. The Balaban J connectivity index is 2.35. The Morgan fingerprint density at radius 3 is 2.83 bits per heavy atom. The Kier molecular flexibility index (Phi) is 3.41. The van der Waals surface area contributed by atoms with Gasteiger partial charge in [-0.25, -0.2) is 0 Å². The van der Waals surface area contributed by atoms with E-state index < -0.39 is 0 Å². The first-order chi connectivity index (χ1) is 5.77. The summed E-state index contributed by atoms with van der Waals surface area (Å²) in [5, 5.41) is 6.42. The van der Waals surface area contributed by atoms with Crippen molar-refractivity contribution in [1.29, 1.82) is 0 Å². The molecule has 1 rings (SSSR count). The van der Waals surface area contributed by atoms with E-state index in [1.807, 2.05) is 0 Å². The van der Waals surface area contributed by atoms with Gasteiger partial charge in [0.25, 0.3) is 0 Å². The molecule has 4 heteroatoms. The van der Waals surface area contributed by atoms with E-state index in [1.165, 1.54) is 0 Å². The van der Waals surface area contributed by atoms with Crippen LogP contribution in [-0.4, -0.2) is 12.5 Å². The Labute approximate surface area is 77.2 Å². The largest absolute Gasteiger partial charge is 0.360 e. The van der Waals surface area contributed by atoms with E-state index in [4.69, 9.17) is 11.6 Å². The number of aldehydes is 1. The fourth-order valence-corrected chi connectivity index (χ4v) is 1.39.